The van der Waals surface area contributed by atoms with Gasteiger partial charge in [-0.2, -0.15) is 0 Å². The fourth-order valence-electron chi connectivity index (χ4n) is 1.06. The molecular weight excluding hydrogens is 158 g/mol. The Kier molecular flexibility index (Phi) is 2.08. The third-order valence-electron chi connectivity index (χ3n) is 1.70. The van der Waals surface area contributed by atoms with Crippen molar-refractivity contribution in [2.75, 3.05) is 12.8 Å². The largest absolute Gasteiger partial charge is 0.465 e. The lowest BCUT2D eigenvalue weighted by Gasteiger charge is -1.96. The van der Waals surface area contributed by atoms with Crippen LogP contribution in [-0.4, -0.2) is 13.1 Å². The van der Waals surface area contributed by atoms with E-state index in [0.29, 0.717) is 22.8 Å². The van der Waals surface area contributed by atoms with Crippen LogP contribution in [0, 0.1) is 13.8 Å². The van der Waals surface area contributed by atoms with Gasteiger partial charge < -0.3 is 14.9 Å². The molecule has 0 amide bonds. The molecule has 1 aromatic rings. The summed E-state index contributed by atoms with van der Waals surface area (Å²) in [5, 5.41) is 0. The van der Waals surface area contributed by atoms with Gasteiger partial charge in [-0.1, -0.05) is 0 Å². The van der Waals surface area contributed by atoms with Crippen LogP contribution in [0.3, 0.4) is 0 Å². The van der Waals surface area contributed by atoms with Crippen LogP contribution in [0.5, 0.6) is 0 Å². The number of nitrogen functional groups attached to an aromatic ring is 1. The second kappa shape index (κ2) is 2.89. The van der Waals surface area contributed by atoms with Gasteiger partial charge in [0.2, 0.25) is 0 Å². The second-order valence-corrected chi connectivity index (χ2v) is 2.49. The third-order valence-corrected chi connectivity index (χ3v) is 1.70. The van der Waals surface area contributed by atoms with E-state index in [0.717, 1.165) is 0 Å². The smallest absolute Gasteiger partial charge is 0.343 e. The molecule has 0 aromatic carbocycles. The second-order valence-electron chi connectivity index (χ2n) is 2.49. The Balaban J connectivity index is 3.22. The molecule has 0 fully saturated rings. The molecule has 0 spiro atoms. The molecule has 0 atom stereocenters. The Labute approximate surface area is 70.3 Å². The first-order chi connectivity index (χ1) is 5.57. The van der Waals surface area contributed by atoms with Crippen LogP contribution in [0.15, 0.2) is 4.42 Å². The molecule has 4 nitrogen and oxygen atoms in total. The highest BCUT2D eigenvalue weighted by atomic mass is 16.5. The number of anilines is 1. The number of methoxy groups -OCH3 is 1. The molecule has 1 rings (SSSR count). The van der Waals surface area contributed by atoms with Crippen molar-refractivity contribution in [2.24, 2.45) is 0 Å². The first-order valence-electron chi connectivity index (χ1n) is 3.51. The van der Waals surface area contributed by atoms with E-state index in [2.05, 4.69) is 4.74 Å². The van der Waals surface area contributed by atoms with Crippen LogP contribution in [-0.2, 0) is 4.74 Å². The zero-order valence-electron chi connectivity index (χ0n) is 7.30. The van der Waals surface area contributed by atoms with E-state index < -0.39 is 5.97 Å². The molecule has 0 aliphatic heterocycles. The molecule has 0 saturated heterocycles. The Bertz CT molecular complexity index is 314. The lowest BCUT2D eigenvalue weighted by molar-refractivity contribution is 0.0600. The molecule has 0 saturated carbocycles. The Morgan fingerprint density at radius 1 is 1.42 bits per heavy atom. The van der Waals surface area contributed by atoms with Crippen LogP contribution in [0.1, 0.15) is 21.9 Å². The summed E-state index contributed by atoms with van der Waals surface area (Å²) in [6, 6.07) is 0. The molecule has 66 valence electrons. The van der Waals surface area contributed by atoms with Crippen molar-refractivity contribution < 1.29 is 13.9 Å². The topological polar surface area (TPSA) is 65.5 Å². The number of hydrogen-bond acceptors (Lipinski definition) is 4. The minimum atomic E-state index is -0.457. The van der Waals surface area contributed by atoms with E-state index in [-0.39, 0.29) is 0 Å². The van der Waals surface area contributed by atoms with Gasteiger partial charge in [-0.25, -0.2) is 4.79 Å². The van der Waals surface area contributed by atoms with Crippen molar-refractivity contribution in [2.45, 2.75) is 13.8 Å². The van der Waals surface area contributed by atoms with Crippen LogP contribution < -0.4 is 5.73 Å². The first kappa shape index (κ1) is 8.64. The molecule has 0 aliphatic carbocycles. The number of furan rings is 1. The number of carbonyl (C=O) groups excluding carboxylic acids is 1. The molecule has 1 aromatic heterocycles. The van der Waals surface area contributed by atoms with Crippen molar-refractivity contribution in [3.63, 3.8) is 0 Å². The average molecular weight is 169 g/mol. The van der Waals surface area contributed by atoms with Crippen molar-refractivity contribution in [3.8, 4) is 0 Å². The zero-order valence-corrected chi connectivity index (χ0v) is 7.30. The standard InChI is InChI=1S/C8H11NO3/c1-4-6(8(10)11-3)7(9)5(2)12-4/h9H2,1-3H3. The Morgan fingerprint density at radius 3 is 2.33 bits per heavy atom. The summed E-state index contributed by atoms with van der Waals surface area (Å²) in [6.45, 7) is 3.38. The van der Waals surface area contributed by atoms with Crippen LogP contribution in [0.25, 0.3) is 0 Å². The van der Waals surface area contributed by atoms with E-state index in [1.54, 1.807) is 13.8 Å². The van der Waals surface area contributed by atoms with Gasteiger partial charge in [-0.3, -0.25) is 0 Å². The van der Waals surface area contributed by atoms with E-state index in [4.69, 9.17) is 10.2 Å². The van der Waals surface area contributed by atoms with E-state index in [9.17, 15) is 4.79 Å². The van der Waals surface area contributed by atoms with E-state index in [1.165, 1.54) is 7.11 Å². The molecule has 12 heavy (non-hydrogen) atoms. The number of rotatable bonds is 1. The maximum absolute atomic E-state index is 11.1. The van der Waals surface area contributed by atoms with Gasteiger partial charge in [0.25, 0.3) is 0 Å². The number of ether oxygens (including phenoxy) is 1. The van der Waals surface area contributed by atoms with Crippen molar-refractivity contribution >= 4 is 11.7 Å². The lowest BCUT2D eigenvalue weighted by atomic mass is 10.2. The summed E-state index contributed by atoms with van der Waals surface area (Å²) in [4.78, 5) is 11.1. The molecule has 0 unspecified atom stereocenters. The third kappa shape index (κ3) is 1.15. The number of carbonyl (C=O) groups is 1. The number of aryl methyl sites for hydroxylation is 2. The fourth-order valence-corrected chi connectivity index (χ4v) is 1.06. The van der Waals surface area contributed by atoms with Gasteiger partial charge in [0.1, 0.15) is 17.1 Å². The summed E-state index contributed by atoms with van der Waals surface area (Å²) in [5.74, 6) is 0.589. The highest BCUT2D eigenvalue weighted by Crippen LogP contribution is 2.24. The van der Waals surface area contributed by atoms with E-state index >= 15 is 0 Å². The predicted octanol–water partition coefficient (Wildman–Crippen LogP) is 1.27. The molecule has 1 heterocycles. The van der Waals surface area contributed by atoms with Gasteiger partial charge in [-0.05, 0) is 13.8 Å². The van der Waals surface area contributed by atoms with Gasteiger partial charge in [0.15, 0.2) is 0 Å². The van der Waals surface area contributed by atoms with Crippen molar-refractivity contribution in [1.29, 1.82) is 0 Å². The number of hydrogen-bond donors (Lipinski definition) is 1. The van der Waals surface area contributed by atoms with Crippen LogP contribution in [0.2, 0.25) is 0 Å². The molecule has 0 bridgehead atoms. The van der Waals surface area contributed by atoms with Crippen molar-refractivity contribution in [1.82, 2.24) is 0 Å². The predicted molar refractivity (Wildman–Crippen MR) is 43.9 cm³/mol. The quantitative estimate of drug-likeness (QED) is 0.643. The normalized spacial score (nSPS) is 9.92. The van der Waals surface area contributed by atoms with Crippen LogP contribution >= 0.6 is 0 Å². The maximum atomic E-state index is 11.1. The summed E-state index contributed by atoms with van der Waals surface area (Å²) in [7, 11) is 1.31. The minimum Gasteiger partial charge on any atom is -0.465 e. The number of nitrogens with two attached hydrogens (primary N) is 1. The Hall–Kier alpha value is -1.45. The number of esters is 1. The van der Waals surface area contributed by atoms with Crippen molar-refractivity contribution in [3.05, 3.63) is 17.1 Å². The maximum Gasteiger partial charge on any atom is 0.343 e. The SMILES string of the molecule is COC(=O)c1c(C)oc(C)c1N. The fraction of sp³-hybridized carbons (Fsp3) is 0.375. The van der Waals surface area contributed by atoms with Gasteiger partial charge in [0.05, 0.1) is 12.8 Å². The summed E-state index contributed by atoms with van der Waals surface area (Å²) in [6.07, 6.45) is 0. The van der Waals surface area contributed by atoms with E-state index in [1.807, 2.05) is 0 Å². The Morgan fingerprint density at radius 2 is 2.00 bits per heavy atom. The average Bonchev–Trinajstić information content (AvgIpc) is 2.26. The van der Waals surface area contributed by atoms with Gasteiger partial charge in [-0.15, -0.1) is 0 Å². The molecule has 4 heteroatoms. The van der Waals surface area contributed by atoms with Gasteiger partial charge >= 0.3 is 5.97 Å². The highest BCUT2D eigenvalue weighted by molar-refractivity contribution is 5.96. The first-order valence-corrected chi connectivity index (χ1v) is 3.51. The summed E-state index contributed by atoms with van der Waals surface area (Å²) < 4.78 is 9.67. The molecule has 0 radical (unpaired) electrons. The minimum absolute atomic E-state index is 0.329. The van der Waals surface area contributed by atoms with Gasteiger partial charge in [0, 0.05) is 0 Å². The highest BCUT2D eigenvalue weighted by Gasteiger charge is 2.19. The zero-order chi connectivity index (χ0) is 9.30. The monoisotopic (exact) mass is 169 g/mol. The molecular formula is C8H11NO3. The molecule has 2 N–H and O–H groups in total. The summed E-state index contributed by atoms with van der Waals surface area (Å²) in [5.41, 5.74) is 6.27. The lowest BCUT2D eigenvalue weighted by Crippen LogP contribution is -2.04. The molecule has 0 aliphatic rings. The summed E-state index contributed by atoms with van der Waals surface area (Å²) >= 11 is 0. The van der Waals surface area contributed by atoms with Crippen LogP contribution in [0.4, 0.5) is 5.69 Å².